The molecule has 1 atom stereocenters. The first-order valence-electron chi connectivity index (χ1n) is 6.82. The molecule has 0 saturated carbocycles. The Morgan fingerprint density at radius 3 is 3.10 bits per heavy atom. The molecule has 2 aliphatic rings. The molecule has 0 aromatic heterocycles. The molecule has 1 saturated heterocycles. The summed E-state index contributed by atoms with van der Waals surface area (Å²) in [6.45, 7) is 2.45. The minimum absolute atomic E-state index is 0.269. The number of rotatable bonds is 2. The normalized spacial score (nSPS) is 20.9. The standard InChI is InChI=1S/C14H18N2O3S/c17-11-2-1-5-16(8-11)14(20)15-7-10-3-4-12-13(6-10)19-9-18-12/h3-4,6,11,17H,1-2,5,7-9H2,(H,15,20)/t11-/m0/s1. The molecule has 0 spiro atoms. The summed E-state index contributed by atoms with van der Waals surface area (Å²) in [6.07, 6.45) is 1.57. The average Bonchev–Trinajstić information content (AvgIpc) is 2.92. The lowest BCUT2D eigenvalue weighted by molar-refractivity contribution is 0.103. The molecule has 0 aliphatic carbocycles. The van der Waals surface area contributed by atoms with E-state index in [0.29, 0.717) is 18.2 Å². The Morgan fingerprint density at radius 1 is 1.40 bits per heavy atom. The molecular formula is C14H18N2O3S. The van der Waals surface area contributed by atoms with Crippen LogP contribution in [0.3, 0.4) is 0 Å². The fourth-order valence-corrected chi connectivity index (χ4v) is 2.72. The molecule has 0 amide bonds. The SMILES string of the molecule is O[C@H]1CCCN(C(=S)NCc2ccc3c(c2)OCO3)C1. The maximum absolute atomic E-state index is 9.66. The number of β-amino-alcohol motifs (C(OH)–C–C–N with tert-alkyl or cyclic N) is 1. The fourth-order valence-electron chi connectivity index (χ4n) is 2.48. The minimum Gasteiger partial charge on any atom is -0.454 e. The number of hydrogen-bond acceptors (Lipinski definition) is 4. The molecule has 2 N–H and O–H groups in total. The third-order valence-electron chi connectivity index (χ3n) is 3.56. The molecule has 5 nitrogen and oxygen atoms in total. The molecule has 1 aromatic carbocycles. The van der Waals surface area contributed by atoms with E-state index in [-0.39, 0.29) is 12.9 Å². The third-order valence-corrected chi connectivity index (χ3v) is 3.97. The van der Waals surface area contributed by atoms with E-state index in [0.717, 1.165) is 36.4 Å². The second kappa shape index (κ2) is 5.85. The second-order valence-corrected chi connectivity index (χ2v) is 5.48. The summed E-state index contributed by atoms with van der Waals surface area (Å²) < 4.78 is 10.6. The highest BCUT2D eigenvalue weighted by molar-refractivity contribution is 7.80. The van der Waals surface area contributed by atoms with E-state index >= 15 is 0 Å². The van der Waals surface area contributed by atoms with Gasteiger partial charge in [-0.3, -0.25) is 0 Å². The van der Waals surface area contributed by atoms with Crippen LogP contribution < -0.4 is 14.8 Å². The van der Waals surface area contributed by atoms with Crippen molar-refractivity contribution in [3.63, 3.8) is 0 Å². The number of benzene rings is 1. The molecule has 20 heavy (non-hydrogen) atoms. The largest absolute Gasteiger partial charge is 0.454 e. The number of nitrogens with one attached hydrogen (secondary N) is 1. The molecular weight excluding hydrogens is 276 g/mol. The van der Waals surface area contributed by atoms with Crippen LogP contribution in [-0.4, -0.2) is 41.1 Å². The van der Waals surface area contributed by atoms with E-state index in [4.69, 9.17) is 21.7 Å². The molecule has 108 valence electrons. The number of piperidine rings is 1. The first kappa shape index (κ1) is 13.5. The van der Waals surface area contributed by atoms with Gasteiger partial charge in [0, 0.05) is 19.6 Å². The van der Waals surface area contributed by atoms with E-state index in [1.807, 2.05) is 23.1 Å². The van der Waals surface area contributed by atoms with Crippen LogP contribution in [0.1, 0.15) is 18.4 Å². The maximum Gasteiger partial charge on any atom is 0.231 e. The van der Waals surface area contributed by atoms with Gasteiger partial charge in [0.1, 0.15) is 0 Å². The van der Waals surface area contributed by atoms with Gasteiger partial charge < -0.3 is 24.8 Å². The number of hydrogen-bond donors (Lipinski definition) is 2. The highest BCUT2D eigenvalue weighted by atomic mass is 32.1. The predicted molar refractivity (Wildman–Crippen MR) is 78.8 cm³/mol. The van der Waals surface area contributed by atoms with Gasteiger partial charge in [-0.25, -0.2) is 0 Å². The van der Waals surface area contributed by atoms with Gasteiger partial charge in [0.15, 0.2) is 16.6 Å². The Labute approximate surface area is 123 Å². The second-order valence-electron chi connectivity index (χ2n) is 5.09. The van der Waals surface area contributed by atoms with E-state index in [9.17, 15) is 5.11 Å². The summed E-state index contributed by atoms with van der Waals surface area (Å²) in [5.74, 6) is 1.57. The van der Waals surface area contributed by atoms with Gasteiger partial charge in [-0.15, -0.1) is 0 Å². The zero-order valence-electron chi connectivity index (χ0n) is 11.2. The van der Waals surface area contributed by atoms with Crippen molar-refractivity contribution in [1.82, 2.24) is 10.2 Å². The van der Waals surface area contributed by atoms with Crippen LogP contribution in [0.15, 0.2) is 18.2 Å². The van der Waals surface area contributed by atoms with Gasteiger partial charge in [-0.05, 0) is 42.8 Å². The van der Waals surface area contributed by atoms with Gasteiger partial charge in [0.05, 0.1) is 6.10 Å². The summed E-state index contributed by atoms with van der Waals surface area (Å²) in [5, 5.41) is 13.6. The van der Waals surface area contributed by atoms with Gasteiger partial charge in [-0.2, -0.15) is 0 Å². The molecule has 0 bridgehead atoms. The molecule has 3 rings (SSSR count). The highest BCUT2D eigenvalue weighted by Crippen LogP contribution is 2.32. The molecule has 2 heterocycles. The number of thiocarbonyl (C=S) groups is 1. The molecule has 2 aliphatic heterocycles. The van der Waals surface area contributed by atoms with Crippen molar-refractivity contribution >= 4 is 17.3 Å². The van der Waals surface area contributed by atoms with Crippen LogP contribution in [0.2, 0.25) is 0 Å². The number of aliphatic hydroxyl groups is 1. The van der Waals surface area contributed by atoms with Crippen molar-refractivity contribution in [1.29, 1.82) is 0 Å². The number of fused-ring (bicyclic) bond motifs is 1. The van der Waals surface area contributed by atoms with Crippen molar-refractivity contribution < 1.29 is 14.6 Å². The van der Waals surface area contributed by atoms with Gasteiger partial charge in [0.25, 0.3) is 0 Å². The van der Waals surface area contributed by atoms with E-state index in [1.165, 1.54) is 0 Å². The summed E-state index contributed by atoms with van der Waals surface area (Å²) in [7, 11) is 0. The van der Waals surface area contributed by atoms with Crippen molar-refractivity contribution in [3.8, 4) is 11.5 Å². The monoisotopic (exact) mass is 294 g/mol. The van der Waals surface area contributed by atoms with Crippen molar-refractivity contribution in [3.05, 3.63) is 23.8 Å². The smallest absolute Gasteiger partial charge is 0.231 e. The zero-order valence-corrected chi connectivity index (χ0v) is 12.0. The highest BCUT2D eigenvalue weighted by Gasteiger charge is 2.19. The van der Waals surface area contributed by atoms with Crippen LogP contribution in [-0.2, 0) is 6.54 Å². The Hall–Kier alpha value is -1.53. The average molecular weight is 294 g/mol. The van der Waals surface area contributed by atoms with Crippen LogP contribution in [0.4, 0.5) is 0 Å². The van der Waals surface area contributed by atoms with Crippen molar-refractivity contribution in [2.45, 2.75) is 25.5 Å². The van der Waals surface area contributed by atoms with Gasteiger partial charge in [0.2, 0.25) is 6.79 Å². The van der Waals surface area contributed by atoms with Crippen LogP contribution >= 0.6 is 12.2 Å². The Morgan fingerprint density at radius 2 is 2.25 bits per heavy atom. The first-order valence-corrected chi connectivity index (χ1v) is 7.22. The van der Waals surface area contributed by atoms with Crippen LogP contribution in [0.25, 0.3) is 0 Å². The number of nitrogens with zero attached hydrogens (tertiary/aromatic N) is 1. The van der Waals surface area contributed by atoms with Crippen LogP contribution in [0, 0.1) is 0 Å². The Bertz CT molecular complexity index is 509. The molecule has 6 heteroatoms. The Kier molecular flexibility index (Phi) is 3.93. The number of ether oxygens (including phenoxy) is 2. The summed E-state index contributed by atoms with van der Waals surface area (Å²) in [6, 6.07) is 5.87. The lowest BCUT2D eigenvalue weighted by atomic mass is 10.1. The summed E-state index contributed by atoms with van der Waals surface area (Å²) >= 11 is 5.37. The minimum atomic E-state index is -0.269. The van der Waals surface area contributed by atoms with E-state index in [2.05, 4.69) is 5.32 Å². The lowest BCUT2D eigenvalue weighted by Gasteiger charge is -2.32. The van der Waals surface area contributed by atoms with Crippen LogP contribution in [0.5, 0.6) is 11.5 Å². The van der Waals surface area contributed by atoms with Crippen molar-refractivity contribution in [2.24, 2.45) is 0 Å². The third kappa shape index (κ3) is 2.96. The van der Waals surface area contributed by atoms with E-state index < -0.39 is 0 Å². The first-order chi connectivity index (χ1) is 9.72. The fraction of sp³-hybridized carbons (Fsp3) is 0.500. The zero-order chi connectivity index (χ0) is 13.9. The maximum atomic E-state index is 9.66. The molecule has 0 radical (unpaired) electrons. The van der Waals surface area contributed by atoms with E-state index in [1.54, 1.807) is 0 Å². The molecule has 1 fully saturated rings. The molecule has 0 unspecified atom stereocenters. The lowest BCUT2D eigenvalue weighted by Crippen LogP contribution is -2.46. The Balaban J connectivity index is 1.55. The quantitative estimate of drug-likeness (QED) is 0.801. The molecule has 1 aromatic rings. The van der Waals surface area contributed by atoms with Gasteiger partial charge in [-0.1, -0.05) is 6.07 Å². The summed E-state index contributed by atoms with van der Waals surface area (Å²) in [5.41, 5.74) is 1.09. The topological polar surface area (TPSA) is 54.0 Å². The predicted octanol–water partition coefficient (Wildman–Crippen LogP) is 1.25. The number of likely N-dealkylation sites (tertiary alicyclic amines) is 1. The van der Waals surface area contributed by atoms with Crippen molar-refractivity contribution in [2.75, 3.05) is 19.9 Å². The van der Waals surface area contributed by atoms with Gasteiger partial charge >= 0.3 is 0 Å². The summed E-state index contributed by atoms with van der Waals surface area (Å²) in [4.78, 5) is 2.02. The number of aliphatic hydroxyl groups excluding tert-OH is 1.